The second kappa shape index (κ2) is 4.67. The molecule has 4 heteroatoms. The van der Waals surface area contributed by atoms with Gasteiger partial charge in [0, 0.05) is 42.3 Å². The summed E-state index contributed by atoms with van der Waals surface area (Å²) in [4.78, 5) is 8.32. The highest BCUT2D eigenvalue weighted by Crippen LogP contribution is 2.37. The molecule has 1 aromatic rings. The molecule has 1 N–H and O–H groups in total. The molecule has 2 fully saturated rings. The van der Waals surface area contributed by atoms with Gasteiger partial charge in [0.05, 0.1) is 5.51 Å². The van der Waals surface area contributed by atoms with Crippen LogP contribution < -0.4 is 5.32 Å². The maximum absolute atomic E-state index is 4.20. The van der Waals surface area contributed by atoms with Gasteiger partial charge in [-0.05, 0) is 19.8 Å². The molecule has 0 amide bonds. The Kier molecular flexibility index (Phi) is 3.19. The fourth-order valence-corrected chi connectivity index (χ4v) is 3.94. The Bertz CT molecular complexity index is 357. The number of aromatic nitrogens is 1. The van der Waals surface area contributed by atoms with Crippen molar-refractivity contribution in [3.8, 4) is 0 Å². The van der Waals surface area contributed by atoms with Gasteiger partial charge in [0.25, 0.3) is 0 Å². The largest absolute Gasteiger partial charge is 0.311 e. The Balaban J connectivity index is 1.77. The van der Waals surface area contributed by atoms with E-state index in [-0.39, 0.29) is 0 Å². The van der Waals surface area contributed by atoms with Crippen molar-refractivity contribution in [1.29, 1.82) is 0 Å². The van der Waals surface area contributed by atoms with Gasteiger partial charge in [-0.3, -0.25) is 9.88 Å². The van der Waals surface area contributed by atoms with E-state index in [1.165, 1.54) is 43.6 Å². The van der Waals surface area contributed by atoms with Crippen LogP contribution in [0, 0.1) is 0 Å². The number of rotatable bonds is 2. The van der Waals surface area contributed by atoms with E-state index in [0.29, 0.717) is 11.6 Å². The molecule has 1 saturated carbocycles. The average Bonchev–Trinajstić information content (AvgIpc) is 2.96. The zero-order valence-electron chi connectivity index (χ0n) is 10.5. The summed E-state index contributed by atoms with van der Waals surface area (Å²) >= 11 is 1.79. The van der Waals surface area contributed by atoms with E-state index in [1.54, 1.807) is 11.3 Å². The highest BCUT2D eigenvalue weighted by molar-refractivity contribution is 7.09. The van der Waals surface area contributed by atoms with E-state index < -0.39 is 0 Å². The van der Waals surface area contributed by atoms with Crippen molar-refractivity contribution in [3.63, 3.8) is 0 Å². The van der Waals surface area contributed by atoms with E-state index >= 15 is 0 Å². The van der Waals surface area contributed by atoms with Gasteiger partial charge in [-0.15, -0.1) is 11.3 Å². The van der Waals surface area contributed by atoms with Crippen LogP contribution in [0.4, 0.5) is 0 Å². The molecule has 0 aromatic carbocycles. The number of hydrogen-bond donors (Lipinski definition) is 1. The third-order valence-electron chi connectivity index (χ3n) is 4.31. The summed E-state index contributed by atoms with van der Waals surface area (Å²) < 4.78 is 0. The van der Waals surface area contributed by atoms with E-state index in [9.17, 15) is 0 Å². The maximum Gasteiger partial charge on any atom is 0.0794 e. The molecule has 1 aliphatic carbocycles. The zero-order valence-corrected chi connectivity index (χ0v) is 11.3. The van der Waals surface area contributed by atoms with E-state index in [0.717, 1.165) is 6.54 Å². The van der Waals surface area contributed by atoms with Gasteiger partial charge in [0.1, 0.15) is 0 Å². The summed E-state index contributed by atoms with van der Waals surface area (Å²) in [5.74, 6) is 0. The minimum Gasteiger partial charge on any atom is -0.311 e. The third-order valence-corrected chi connectivity index (χ3v) is 5.07. The van der Waals surface area contributed by atoms with Gasteiger partial charge in [-0.2, -0.15) is 0 Å². The normalized spacial score (nSPS) is 28.9. The molecule has 3 nitrogen and oxygen atoms in total. The van der Waals surface area contributed by atoms with Gasteiger partial charge in [-0.25, -0.2) is 0 Å². The highest BCUT2D eigenvalue weighted by Gasteiger charge is 2.42. The van der Waals surface area contributed by atoms with Crippen LogP contribution in [-0.4, -0.2) is 34.6 Å². The van der Waals surface area contributed by atoms with Crippen molar-refractivity contribution in [2.24, 2.45) is 0 Å². The standard InChI is InChI=1S/C13H21N3S/c1-11-7-16(8-12-6-14-10-17-12)13(9-15-11)4-2-3-5-13/h6,10-11,15H,2-5,7-9H2,1H3. The molecule has 1 aromatic heterocycles. The van der Waals surface area contributed by atoms with Crippen LogP contribution in [0.5, 0.6) is 0 Å². The number of nitrogens with zero attached hydrogens (tertiary/aromatic N) is 2. The monoisotopic (exact) mass is 251 g/mol. The van der Waals surface area contributed by atoms with Crippen molar-refractivity contribution in [2.45, 2.75) is 50.7 Å². The second-order valence-electron chi connectivity index (χ2n) is 5.56. The number of thiazole rings is 1. The molecule has 2 aliphatic rings. The predicted molar refractivity (Wildman–Crippen MR) is 71.2 cm³/mol. The van der Waals surface area contributed by atoms with Crippen molar-refractivity contribution in [1.82, 2.24) is 15.2 Å². The topological polar surface area (TPSA) is 28.2 Å². The Morgan fingerprint density at radius 3 is 3.06 bits per heavy atom. The Morgan fingerprint density at radius 2 is 2.35 bits per heavy atom. The summed E-state index contributed by atoms with van der Waals surface area (Å²) in [6, 6.07) is 0.620. The van der Waals surface area contributed by atoms with E-state index in [2.05, 4.69) is 22.1 Å². The van der Waals surface area contributed by atoms with Crippen LogP contribution in [0.3, 0.4) is 0 Å². The van der Waals surface area contributed by atoms with Crippen molar-refractivity contribution in [3.05, 3.63) is 16.6 Å². The smallest absolute Gasteiger partial charge is 0.0794 e. The SMILES string of the molecule is CC1CN(Cc2cncs2)C2(CCCC2)CN1. The second-order valence-corrected chi connectivity index (χ2v) is 6.53. The first-order valence-electron chi connectivity index (χ1n) is 6.64. The molecule has 0 bridgehead atoms. The average molecular weight is 251 g/mol. The minimum atomic E-state index is 0.441. The molecule has 1 unspecified atom stereocenters. The first kappa shape index (κ1) is 11.6. The lowest BCUT2D eigenvalue weighted by molar-refractivity contribution is 0.0401. The van der Waals surface area contributed by atoms with Crippen LogP contribution in [0.25, 0.3) is 0 Å². The molecular weight excluding hydrogens is 230 g/mol. The third kappa shape index (κ3) is 2.26. The fraction of sp³-hybridized carbons (Fsp3) is 0.769. The predicted octanol–water partition coefficient (Wildman–Crippen LogP) is 2.25. The number of piperazine rings is 1. The molecule has 2 heterocycles. The summed E-state index contributed by atoms with van der Waals surface area (Å²) in [6.07, 6.45) is 7.56. The molecule has 3 rings (SSSR count). The fourth-order valence-electron chi connectivity index (χ4n) is 3.33. The lowest BCUT2D eigenvalue weighted by atomic mass is 9.91. The molecule has 1 aliphatic heterocycles. The molecule has 94 valence electrons. The van der Waals surface area contributed by atoms with Gasteiger partial charge in [0.2, 0.25) is 0 Å². The van der Waals surface area contributed by atoms with Crippen LogP contribution >= 0.6 is 11.3 Å². The van der Waals surface area contributed by atoms with Gasteiger partial charge < -0.3 is 5.32 Å². The van der Waals surface area contributed by atoms with Crippen LogP contribution in [0.2, 0.25) is 0 Å². The van der Waals surface area contributed by atoms with Crippen LogP contribution in [0.15, 0.2) is 11.7 Å². The van der Waals surface area contributed by atoms with Gasteiger partial charge in [0.15, 0.2) is 0 Å². The minimum absolute atomic E-state index is 0.441. The molecule has 1 saturated heterocycles. The van der Waals surface area contributed by atoms with Gasteiger partial charge in [-0.1, -0.05) is 12.8 Å². The Morgan fingerprint density at radius 1 is 1.53 bits per heavy atom. The van der Waals surface area contributed by atoms with Crippen molar-refractivity contribution < 1.29 is 0 Å². The molecule has 0 radical (unpaired) electrons. The molecule has 17 heavy (non-hydrogen) atoms. The maximum atomic E-state index is 4.20. The van der Waals surface area contributed by atoms with E-state index in [4.69, 9.17) is 0 Å². The first-order valence-corrected chi connectivity index (χ1v) is 7.52. The lowest BCUT2D eigenvalue weighted by Gasteiger charge is -2.47. The molecular formula is C13H21N3S. The summed E-state index contributed by atoms with van der Waals surface area (Å²) in [5.41, 5.74) is 2.39. The van der Waals surface area contributed by atoms with Crippen molar-refractivity contribution >= 4 is 11.3 Å². The van der Waals surface area contributed by atoms with Gasteiger partial charge >= 0.3 is 0 Å². The lowest BCUT2D eigenvalue weighted by Crippen LogP contribution is -2.62. The van der Waals surface area contributed by atoms with E-state index in [1.807, 2.05) is 11.7 Å². The van der Waals surface area contributed by atoms with Crippen LogP contribution in [-0.2, 0) is 6.54 Å². The van der Waals surface area contributed by atoms with Crippen LogP contribution in [0.1, 0.15) is 37.5 Å². The number of hydrogen-bond acceptors (Lipinski definition) is 4. The van der Waals surface area contributed by atoms with Crippen molar-refractivity contribution in [2.75, 3.05) is 13.1 Å². The quantitative estimate of drug-likeness (QED) is 0.874. The molecule has 1 spiro atoms. The molecule has 1 atom stereocenters. The highest BCUT2D eigenvalue weighted by atomic mass is 32.1. The summed E-state index contributed by atoms with van der Waals surface area (Å²) in [5, 5.41) is 3.67. The number of nitrogens with one attached hydrogen (secondary N) is 1. The summed E-state index contributed by atoms with van der Waals surface area (Å²) in [7, 11) is 0. The summed E-state index contributed by atoms with van der Waals surface area (Å²) in [6.45, 7) is 5.74. The Hall–Kier alpha value is -0.450. The first-order chi connectivity index (χ1) is 8.28. The zero-order chi connectivity index (χ0) is 11.7. The Labute approximate surface area is 107 Å².